The number of hydrogen-bond acceptors (Lipinski definition) is 3. The van der Waals surface area contributed by atoms with Crippen molar-refractivity contribution in [2.24, 2.45) is 0 Å². The van der Waals surface area contributed by atoms with Gasteiger partial charge in [-0.05, 0) is 41.4 Å². The number of rotatable bonds is 7. The predicted molar refractivity (Wildman–Crippen MR) is 92.0 cm³/mol. The third kappa shape index (κ3) is 6.20. The molecular formula is C18H25ClNO3+. The monoisotopic (exact) mass is 338 g/mol. The number of aryl methyl sites for hydroxylation is 1. The summed E-state index contributed by atoms with van der Waals surface area (Å²) in [5, 5.41) is 29.7. The van der Waals surface area contributed by atoms with E-state index in [9.17, 15) is 15.5 Å². The maximum Gasteiger partial charge on any atom is 0.149 e. The van der Waals surface area contributed by atoms with Crippen molar-refractivity contribution in [3.8, 4) is 5.75 Å². The number of aromatic hydroxyl groups is 1. The zero-order valence-corrected chi connectivity index (χ0v) is 14.1. The molecular weight excluding hydrogens is 314 g/mol. The lowest BCUT2D eigenvalue weighted by molar-refractivity contribution is -1.26. The van der Waals surface area contributed by atoms with Crippen LogP contribution in [0.3, 0.4) is 0 Å². The van der Waals surface area contributed by atoms with E-state index in [0.717, 1.165) is 17.5 Å². The van der Waals surface area contributed by atoms with Crippen molar-refractivity contribution < 1.29 is 20.3 Å². The predicted octanol–water partition coefficient (Wildman–Crippen LogP) is 3.97. The maximum absolute atomic E-state index is 10.2. The molecule has 0 amide bonds. The van der Waals surface area contributed by atoms with Gasteiger partial charge in [0.15, 0.2) is 0 Å². The van der Waals surface area contributed by atoms with Crippen molar-refractivity contribution in [1.29, 1.82) is 0 Å². The molecule has 0 radical (unpaired) electrons. The van der Waals surface area contributed by atoms with Crippen molar-refractivity contribution in [1.82, 2.24) is 0 Å². The molecule has 1 unspecified atom stereocenters. The van der Waals surface area contributed by atoms with Crippen LogP contribution < -0.4 is 0 Å². The van der Waals surface area contributed by atoms with Gasteiger partial charge in [-0.2, -0.15) is 10.4 Å². The second kappa shape index (κ2) is 8.89. The zero-order chi connectivity index (χ0) is 16.0. The highest BCUT2D eigenvalue weighted by Crippen LogP contribution is 2.16. The molecule has 23 heavy (non-hydrogen) atoms. The molecule has 0 saturated heterocycles. The van der Waals surface area contributed by atoms with E-state index in [1.165, 1.54) is 0 Å². The first kappa shape index (κ1) is 19.5. The fourth-order valence-corrected chi connectivity index (χ4v) is 2.40. The summed E-state index contributed by atoms with van der Waals surface area (Å²) in [5.74, 6) is 0.245. The molecule has 4 nitrogen and oxygen atoms in total. The van der Waals surface area contributed by atoms with Crippen LogP contribution in [0.2, 0.25) is 0 Å². The standard InChI is InChI=1S/C18H23NO3.ClH/c1-15(7-8-17-9-11-18(20)12-10-17)19(21,22)14-13-16-5-3-2-4-6-16;/h2-6,9-12,15,21-22H,7-8,13-14H2,1H3;1H/p+1. The maximum atomic E-state index is 10.2. The molecule has 0 saturated carbocycles. The van der Waals surface area contributed by atoms with Gasteiger partial charge in [-0.15, -0.1) is 12.4 Å². The second-order valence-corrected chi connectivity index (χ2v) is 5.80. The Morgan fingerprint density at radius 1 is 0.870 bits per heavy atom. The molecule has 0 heterocycles. The van der Waals surface area contributed by atoms with Crippen LogP contribution in [0.1, 0.15) is 24.5 Å². The number of benzene rings is 2. The van der Waals surface area contributed by atoms with E-state index in [0.29, 0.717) is 12.8 Å². The molecule has 0 aliphatic rings. The molecule has 126 valence electrons. The Morgan fingerprint density at radius 3 is 2.04 bits per heavy atom. The highest BCUT2D eigenvalue weighted by Gasteiger charge is 2.30. The highest BCUT2D eigenvalue weighted by atomic mass is 35.5. The van der Waals surface area contributed by atoms with E-state index < -0.39 is 4.81 Å². The summed E-state index contributed by atoms with van der Waals surface area (Å²) in [6, 6.07) is 16.6. The number of hydroxylamine groups is 4. The minimum atomic E-state index is -0.965. The minimum Gasteiger partial charge on any atom is -0.508 e. The average Bonchev–Trinajstić information content (AvgIpc) is 2.53. The van der Waals surface area contributed by atoms with Gasteiger partial charge in [0.05, 0.1) is 0 Å². The molecule has 0 aliphatic carbocycles. The van der Waals surface area contributed by atoms with Crippen LogP contribution in [-0.4, -0.2) is 32.9 Å². The van der Waals surface area contributed by atoms with Gasteiger partial charge in [0, 0.05) is 12.8 Å². The zero-order valence-electron chi connectivity index (χ0n) is 13.3. The summed E-state index contributed by atoms with van der Waals surface area (Å²) in [5.41, 5.74) is 2.17. The third-order valence-corrected chi connectivity index (χ3v) is 4.07. The summed E-state index contributed by atoms with van der Waals surface area (Å²) in [4.78, 5) is -0.965. The van der Waals surface area contributed by atoms with Gasteiger partial charge in [-0.3, -0.25) is 0 Å². The lowest BCUT2D eigenvalue weighted by Crippen LogP contribution is -2.50. The van der Waals surface area contributed by atoms with Gasteiger partial charge in [-0.25, -0.2) is 0 Å². The number of nitrogens with zero attached hydrogens (tertiary/aromatic N) is 1. The van der Waals surface area contributed by atoms with Crippen LogP contribution >= 0.6 is 12.4 Å². The smallest absolute Gasteiger partial charge is 0.149 e. The number of halogens is 1. The van der Waals surface area contributed by atoms with E-state index in [1.807, 2.05) is 49.4 Å². The van der Waals surface area contributed by atoms with Gasteiger partial charge in [-0.1, -0.05) is 42.5 Å². The fourth-order valence-electron chi connectivity index (χ4n) is 2.40. The number of phenols is 1. The topological polar surface area (TPSA) is 60.7 Å². The molecule has 1 atom stereocenters. The quantitative estimate of drug-likeness (QED) is 0.528. The van der Waals surface area contributed by atoms with E-state index in [-0.39, 0.29) is 30.7 Å². The Hall–Kier alpha value is -1.59. The van der Waals surface area contributed by atoms with E-state index >= 15 is 0 Å². The van der Waals surface area contributed by atoms with Crippen molar-refractivity contribution in [2.75, 3.05) is 6.54 Å². The Balaban J connectivity index is 0.00000264. The molecule has 5 heteroatoms. The van der Waals surface area contributed by atoms with E-state index in [2.05, 4.69) is 0 Å². The van der Waals surface area contributed by atoms with Crippen molar-refractivity contribution in [3.05, 3.63) is 65.7 Å². The van der Waals surface area contributed by atoms with Gasteiger partial charge < -0.3 is 5.11 Å². The minimum absolute atomic E-state index is 0. The molecule has 2 rings (SSSR count). The van der Waals surface area contributed by atoms with E-state index in [1.54, 1.807) is 12.1 Å². The third-order valence-electron chi connectivity index (χ3n) is 4.07. The average molecular weight is 339 g/mol. The SMILES string of the molecule is CC(CCc1ccc(O)cc1)[N+](O)(O)CCc1ccccc1.Cl. The summed E-state index contributed by atoms with van der Waals surface area (Å²) in [6.07, 6.45) is 2.03. The van der Waals surface area contributed by atoms with Gasteiger partial charge >= 0.3 is 0 Å². The van der Waals surface area contributed by atoms with Gasteiger partial charge in [0.25, 0.3) is 0 Å². The van der Waals surface area contributed by atoms with Crippen LogP contribution in [0, 0.1) is 0 Å². The van der Waals surface area contributed by atoms with Gasteiger partial charge in [0.1, 0.15) is 18.3 Å². The summed E-state index contributed by atoms with van der Waals surface area (Å²) < 4.78 is 0. The summed E-state index contributed by atoms with van der Waals surface area (Å²) >= 11 is 0. The normalized spacial score (nSPS) is 12.5. The summed E-state index contributed by atoms with van der Waals surface area (Å²) in [6.45, 7) is 2.10. The summed E-state index contributed by atoms with van der Waals surface area (Å²) in [7, 11) is 0. The van der Waals surface area contributed by atoms with Crippen LogP contribution in [0.5, 0.6) is 5.75 Å². The Morgan fingerprint density at radius 2 is 1.43 bits per heavy atom. The first-order valence-electron chi connectivity index (χ1n) is 7.62. The lowest BCUT2D eigenvalue weighted by atomic mass is 10.1. The number of quaternary nitrogens is 1. The van der Waals surface area contributed by atoms with Gasteiger partial charge in [0.2, 0.25) is 0 Å². The fraction of sp³-hybridized carbons (Fsp3) is 0.333. The van der Waals surface area contributed by atoms with Crippen LogP contribution in [0.15, 0.2) is 54.6 Å². The Kier molecular flexibility index (Phi) is 7.52. The Labute approximate surface area is 143 Å². The first-order valence-corrected chi connectivity index (χ1v) is 7.62. The molecule has 2 aromatic carbocycles. The number of hydrogen-bond donors (Lipinski definition) is 3. The highest BCUT2D eigenvalue weighted by molar-refractivity contribution is 5.85. The lowest BCUT2D eigenvalue weighted by Gasteiger charge is -2.28. The molecule has 0 bridgehead atoms. The molecule has 0 aromatic heterocycles. The molecule has 0 spiro atoms. The second-order valence-electron chi connectivity index (χ2n) is 5.80. The van der Waals surface area contributed by atoms with Crippen molar-refractivity contribution in [3.63, 3.8) is 0 Å². The number of phenolic OH excluding ortho intramolecular Hbond substituents is 1. The largest absolute Gasteiger partial charge is 0.508 e. The Bertz CT molecular complexity index is 573. The van der Waals surface area contributed by atoms with E-state index in [4.69, 9.17) is 0 Å². The molecule has 0 fully saturated rings. The van der Waals surface area contributed by atoms with Crippen LogP contribution in [0.25, 0.3) is 0 Å². The van der Waals surface area contributed by atoms with Crippen LogP contribution in [0.4, 0.5) is 0 Å². The molecule has 3 N–H and O–H groups in total. The van der Waals surface area contributed by atoms with Crippen LogP contribution in [-0.2, 0) is 12.8 Å². The van der Waals surface area contributed by atoms with Crippen molar-refractivity contribution in [2.45, 2.75) is 32.2 Å². The molecule has 0 aliphatic heterocycles. The molecule has 2 aromatic rings. The first-order chi connectivity index (χ1) is 10.5. The van der Waals surface area contributed by atoms with Crippen molar-refractivity contribution >= 4 is 12.4 Å².